The third-order valence-corrected chi connectivity index (χ3v) is 3.00. The lowest BCUT2D eigenvalue weighted by Gasteiger charge is -2.33. The fourth-order valence-corrected chi connectivity index (χ4v) is 2.47. The number of thiol groups is 1. The Balaban J connectivity index is 2.32. The minimum absolute atomic E-state index is 0.653. The van der Waals surface area contributed by atoms with Gasteiger partial charge in [0.15, 0.2) is 0 Å². The van der Waals surface area contributed by atoms with Crippen molar-refractivity contribution in [1.29, 1.82) is 0 Å². The monoisotopic (exact) mass is 158 g/mol. The molecule has 0 unspecified atom stereocenters. The first kappa shape index (κ1) is 8.45. The Hall–Kier alpha value is 0.350. The van der Waals surface area contributed by atoms with Crippen molar-refractivity contribution in [2.75, 3.05) is 5.75 Å². The van der Waals surface area contributed by atoms with E-state index in [9.17, 15) is 0 Å². The maximum atomic E-state index is 4.28. The molecule has 0 bridgehead atoms. The summed E-state index contributed by atoms with van der Waals surface area (Å²) in [6.07, 6.45) is 8.55. The van der Waals surface area contributed by atoms with Crippen molar-refractivity contribution in [1.82, 2.24) is 0 Å². The molecule has 0 N–H and O–H groups in total. The minimum atomic E-state index is 0.653. The summed E-state index contributed by atoms with van der Waals surface area (Å²) < 4.78 is 0. The average Bonchev–Trinajstić information content (AvgIpc) is 1.89. The van der Waals surface area contributed by atoms with E-state index in [0.29, 0.717) is 5.41 Å². The van der Waals surface area contributed by atoms with Crippen LogP contribution in [0.5, 0.6) is 0 Å². The maximum absolute atomic E-state index is 4.28. The van der Waals surface area contributed by atoms with Crippen LogP contribution in [0.4, 0.5) is 0 Å². The van der Waals surface area contributed by atoms with Crippen molar-refractivity contribution >= 4 is 12.6 Å². The van der Waals surface area contributed by atoms with E-state index in [4.69, 9.17) is 0 Å². The first-order chi connectivity index (χ1) is 4.77. The second kappa shape index (κ2) is 3.66. The van der Waals surface area contributed by atoms with E-state index < -0.39 is 0 Å². The van der Waals surface area contributed by atoms with Gasteiger partial charge < -0.3 is 0 Å². The van der Waals surface area contributed by atoms with Gasteiger partial charge in [0, 0.05) is 0 Å². The Morgan fingerprint density at radius 1 is 1.20 bits per heavy atom. The van der Waals surface area contributed by atoms with Gasteiger partial charge in [0.25, 0.3) is 0 Å². The van der Waals surface area contributed by atoms with Crippen LogP contribution in [0.25, 0.3) is 0 Å². The molecule has 0 aromatic heterocycles. The summed E-state index contributed by atoms with van der Waals surface area (Å²) in [4.78, 5) is 0. The van der Waals surface area contributed by atoms with Crippen LogP contribution in [0.2, 0.25) is 0 Å². The van der Waals surface area contributed by atoms with Crippen LogP contribution < -0.4 is 0 Å². The summed E-state index contributed by atoms with van der Waals surface area (Å²) in [7, 11) is 0. The molecule has 1 saturated carbocycles. The van der Waals surface area contributed by atoms with Crippen LogP contribution in [0, 0.1) is 5.41 Å². The van der Waals surface area contributed by atoms with Gasteiger partial charge in [0.1, 0.15) is 0 Å². The van der Waals surface area contributed by atoms with Crippen LogP contribution >= 0.6 is 12.6 Å². The molecule has 0 saturated heterocycles. The third kappa shape index (κ3) is 2.19. The fraction of sp³-hybridized carbons (Fsp3) is 1.00. The molecule has 0 aromatic carbocycles. The molecule has 0 nitrogen and oxygen atoms in total. The van der Waals surface area contributed by atoms with Crippen molar-refractivity contribution in [2.45, 2.75) is 45.4 Å². The smallest absolute Gasteiger partial charge is 0.00927 e. The second-order valence-corrected chi connectivity index (χ2v) is 4.29. The van der Waals surface area contributed by atoms with Gasteiger partial charge in [-0.15, -0.1) is 0 Å². The van der Waals surface area contributed by atoms with E-state index in [0.717, 1.165) is 5.75 Å². The van der Waals surface area contributed by atoms with Crippen LogP contribution in [-0.4, -0.2) is 5.75 Å². The summed E-state index contributed by atoms with van der Waals surface area (Å²) in [6.45, 7) is 2.42. The molecule has 1 rings (SSSR count). The Morgan fingerprint density at radius 2 is 1.80 bits per heavy atom. The summed E-state index contributed by atoms with van der Waals surface area (Å²) in [5, 5.41) is 0. The zero-order chi connectivity index (χ0) is 7.45. The van der Waals surface area contributed by atoms with Crippen molar-refractivity contribution in [3.63, 3.8) is 0 Å². The van der Waals surface area contributed by atoms with Crippen molar-refractivity contribution in [3.05, 3.63) is 0 Å². The summed E-state index contributed by atoms with van der Waals surface area (Å²) >= 11 is 4.28. The lowest BCUT2D eigenvalue weighted by molar-refractivity contribution is 0.210. The molecule has 0 amide bonds. The molecular formula is C9H18S. The Bertz CT molecular complexity index is 87.4. The Morgan fingerprint density at radius 3 is 2.30 bits per heavy atom. The predicted molar refractivity (Wildman–Crippen MR) is 49.7 cm³/mol. The molecule has 0 radical (unpaired) electrons. The quantitative estimate of drug-likeness (QED) is 0.586. The molecule has 1 heteroatoms. The third-order valence-electron chi connectivity index (χ3n) is 2.78. The number of hydrogen-bond donors (Lipinski definition) is 1. The topological polar surface area (TPSA) is 0 Å². The van der Waals surface area contributed by atoms with Gasteiger partial charge in [0.2, 0.25) is 0 Å². The average molecular weight is 158 g/mol. The zero-order valence-corrected chi connectivity index (χ0v) is 7.79. The molecule has 60 valence electrons. The number of rotatable bonds is 2. The highest BCUT2D eigenvalue weighted by molar-refractivity contribution is 7.80. The van der Waals surface area contributed by atoms with E-state index >= 15 is 0 Å². The summed E-state index contributed by atoms with van der Waals surface area (Å²) in [6, 6.07) is 0. The van der Waals surface area contributed by atoms with Crippen LogP contribution in [0.3, 0.4) is 0 Å². The Kier molecular flexibility index (Phi) is 3.09. The summed E-state index contributed by atoms with van der Waals surface area (Å²) in [5.74, 6) is 1.07. The maximum Gasteiger partial charge on any atom is -0.00927 e. The van der Waals surface area contributed by atoms with Gasteiger partial charge in [0.05, 0.1) is 0 Å². The number of hydrogen-bond acceptors (Lipinski definition) is 1. The zero-order valence-electron chi connectivity index (χ0n) is 6.90. The molecule has 10 heavy (non-hydrogen) atoms. The minimum Gasteiger partial charge on any atom is -0.179 e. The van der Waals surface area contributed by atoms with Gasteiger partial charge in [-0.1, -0.05) is 26.2 Å². The molecule has 0 heterocycles. The largest absolute Gasteiger partial charge is 0.179 e. The highest BCUT2D eigenvalue weighted by Crippen LogP contribution is 2.38. The fourth-order valence-electron chi connectivity index (χ4n) is 1.93. The molecule has 0 spiro atoms. The summed E-state index contributed by atoms with van der Waals surface area (Å²) in [5.41, 5.74) is 0.653. The van der Waals surface area contributed by atoms with Gasteiger partial charge in [-0.25, -0.2) is 0 Å². The lowest BCUT2D eigenvalue weighted by atomic mass is 9.74. The first-order valence-electron chi connectivity index (χ1n) is 4.38. The first-order valence-corrected chi connectivity index (χ1v) is 5.01. The molecule has 1 fully saturated rings. The van der Waals surface area contributed by atoms with Gasteiger partial charge >= 0.3 is 0 Å². The normalized spacial score (nSPS) is 24.6. The molecule has 1 aliphatic rings. The highest BCUT2D eigenvalue weighted by atomic mass is 32.1. The lowest BCUT2D eigenvalue weighted by Crippen LogP contribution is -2.20. The van der Waals surface area contributed by atoms with E-state index in [-0.39, 0.29) is 0 Å². The van der Waals surface area contributed by atoms with Gasteiger partial charge in [-0.3, -0.25) is 0 Å². The van der Waals surface area contributed by atoms with E-state index in [2.05, 4.69) is 19.6 Å². The van der Waals surface area contributed by atoms with Crippen LogP contribution in [-0.2, 0) is 0 Å². The van der Waals surface area contributed by atoms with E-state index in [1.807, 2.05) is 0 Å². The van der Waals surface area contributed by atoms with E-state index in [1.54, 1.807) is 0 Å². The van der Waals surface area contributed by atoms with Gasteiger partial charge in [-0.05, 0) is 30.4 Å². The molecule has 0 aliphatic heterocycles. The van der Waals surface area contributed by atoms with Crippen LogP contribution in [0.1, 0.15) is 45.4 Å². The van der Waals surface area contributed by atoms with Gasteiger partial charge in [-0.2, -0.15) is 12.6 Å². The van der Waals surface area contributed by atoms with Crippen LogP contribution in [0.15, 0.2) is 0 Å². The van der Waals surface area contributed by atoms with Crippen molar-refractivity contribution in [3.8, 4) is 0 Å². The second-order valence-electron chi connectivity index (χ2n) is 3.84. The van der Waals surface area contributed by atoms with Crippen molar-refractivity contribution in [2.24, 2.45) is 5.41 Å². The molecule has 1 aliphatic carbocycles. The Labute approximate surface area is 69.8 Å². The van der Waals surface area contributed by atoms with Crippen molar-refractivity contribution < 1.29 is 0 Å². The SMILES string of the molecule is CC1(CCS)CCCCC1. The predicted octanol–water partition coefficient (Wildman–Crippen LogP) is 3.28. The standard InChI is InChI=1S/C9H18S/c1-9(7-8-10)5-3-2-4-6-9/h10H,2-8H2,1H3. The molecular weight excluding hydrogens is 140 g/mol. The molecule has 0 atom stereocenters. The molecule has 0 aromatic rings. The van der Waals surface area contributed by atoms with E-state index in [1.165, 1.54) is 38.5 Å². The highest BCUT2D eigenvalue weighted by Gasteiger charge is 2.25.